The number of fused-ring (bicyclic) bond motifs is 2. The summed E-state index contributed by atoms with van der Waals surface area (Å²) < 4.78 is 17.9. The van der Waals surface area contributed by atoms with Crippen molar-refractivity contribution in [1.29, 1.82) is 0 Å². The maximum absolute atomic E-state index is 10.6. The molecule has 4 heterocycles. The van der Waals surface area contributed by atoms with E-state index in [4.69, 9.17) is 25.6 Å². The second-order valence-corrected chi connectivity index (χ2v) is 8.60. The van der Waals surface area contributed by atoms with Gasteiger partial charge >= 0.3 is 6.72 Å². The van der Waals surface area contributed by atoms with E-state index >= 15 is 0 Å². The Balaban J connectivity index is 1.71. The summed E-state index contributed by atoms with van der Waals surface area (Å²) >= 11 is 4.84. The van der Waals surface area contributed by atoms with E-state index in [0.29, 0.717) is 17.0 Å². The quantitative estimate of drug-likeness (QED) is 0.685. The maximum Gasteiger partial charge on any atom is 0.325 e. The Morgan fingerprint density at radius 1 is 1.38 bits per heavy atom. The van der Waals surface area contributed by atoms with Gasteiger partial charge in [0.15, 0.2) is 23.2 Å². The minimum Gasteiger partial charge on any atom is -0.386 e. The van der Waals surface area contributed by atoms with Gasteiger partial charge < -0.3 is 24.2 Å². The third kappa shape index (κ3) is 2.53. The van der Waals surface area contributed by atoms with Gasteiger partial charge in [-0.25, -0.2) is 15.0 Å². The van der Waals surface area contributed by atoms with Crippen molar-refractivity contribution in [2.75, 3.05) is 25.6 Å². The fourth-order valence-electron chi connectivity index (χ4n) is 2.92. The smallest absolute Gasteiger partial charge is 0.325 e. The first-order valence-electron chi connectivity index (χ1n) is 7.21. The fourth-order valence-corrected chi connectivity index (χ4v) is 4.36. The van der Waals surface area contributed by atoms with Gasteiger partial charge in [0.1, 0.15) is 24.6 Å². The average Bonchev–Trinajstić information content (AvgIpc) is 3.08. The molecule has 0 saturated carbocycles. The van der Waals surface area contributed by atoms with Crippen molar-refractivity contribution in [1.82, 2.24) is 19.5 Å². The number of imidazole rings is 1. The molecule has 2 fully saturated rings. The molecule has 0 spiro atoms. The largest absolute Gasteiger partial charge is 0.386 e. The summed E-state index contributed by atoms with van der Waals surface area (Å²) in [6.45, 7) is -3.26. The Labute approximate surface area is 142 Å². The third-order valence-electron chi connectivity index (χ3n) is 4.00. The van der Waals surface area contributed by atoms with Crippen LogP contribution in [0.1, 0.15) is 6.23 Å². The van der Waals surface area contributed by atoms with Crippen molar-refractivity contribution < 1.29 is 23.8 Å². The van der Waals surface area contributed by atoms with Crippen LogP contribution in [-0.2, 0) is 25.6 Å². The van der Waals surface area contributed by atoms with Crippen LogP contribution in [0, 0.1) is 0 Å². The zero-order valence-electron chi connectivity index (χ0n) is 12.9. The van der Waals surface area contributed by atoms with Crippen LogP contribution in [0.3, 0.4) is 0 Å². The van der Waals surface area contributed by atoms with Gasteiger partial charge in [-0.2, -0.15) is 0 Å². The summed E-state index contributed by atoms with van der Waals surface area (Å²) in [5.74, 6) is 0.661. The van der Waals surface area contributed by atoms with E-state index in [1.54, 1.807) is 4.57 Å². The molecule has 2 N–H and O–H groups in total. The number of hydrogen-bond donors (Lipinski definition) is 2. The molecule has 0 radical (unpaired) electrons. The summed E-state index contributed by atoms with van der Waals surface area (Å²) in [7, 11) is 3.71. The van der Waals surface area contributed by atoms with E-state index in [-0.39, 0.29) is 6.61 Å². The summed E-state index contributed by atoms with van der Waals surface area (Å²) in [4.78, 5) is 24.4. The average molecular weight is 373 g/mol. The standard InChI is InChI=1S/C12H16N5O5PS/c1-16(2)10-7-11(14-4-13-10)17(5-15-7)12-8(18)9-6(21-12)3-20-23(19,24)22-9/h4-6,8-9,12,18H,3H2,1-2H3,(H,19,24)/t6-,8-,9-,12-,23?/m1/s1. The molecule has 10 nitrogen and oxygen atoms in total. The SMILES string of the molecule is CN(C)c1ncnc2c1ncn2[C@@H]1O[C@@H]2COP(O)(=S)O[C@H]2[C@H]1O. The van der Waals surface area contributed by atoms with Gasteiger partial charge in [0.2, 0.25) is 0 Å². The first-order valence-corrected chi connectivity index (χ1v) is 9.80. The van der Waals surface area contributed by atoms with Crippen LogP contribution in [0.2, 0.25) is 0 Å². The maximum atomic E-state index is 10.6. The lowest BCUT2D eigenvalue weighted by atomic mass is 10.1. The third-order valence-corrected chi connectivity index (χ3v) is 5.56. The summed E-state index contributed by atoms with van der Waals surface area (Å²) in [6.07, 6.45) is -0.131. The van der Waals surface area contributed by atoms with Gasteiger partial charge in [-0.05, 0) is 11.8 Å². The van der Waals surface area contributed by atoms with Crippen molar-refractivity contribution in [2.45, 2.75) is 24.5 Å². The number of aromatic nitrogens is 4. The van der Waals surface area contributed by atoms with Crippen LogP contribution in [0.15, 0.2) is 12.7 Å². The second-order valence-electron chi connectivity index (χ2n) is 5.81. The van der Waals surface area contributed by atoms with Crippen LogP contribution < -0.4 is 4.90 Å². The molecule has 0 aromatic carbocycles. The fraction of sp³-hybridized carbons (Fsp3) is 0.583. The first-order chi connectivity index (χ1) is 11.4. The molecule has 2 aliphatic rings. The van der Waals surface area contributed by atoms with Gasteiger partial charge in [0.25, 0.3) is 0 Å². The molecule has 24 heavy (non-hydrogen) atoms. The summed E-state index contributed by atoms with van der Waals surface area (Å²) in [5, 5.41) is 10.6. The zero-order valence-corrected chi connectivity index (χ0v) is 14.6. The Bertz CT molecular complexity index is 831. The van der Waals surface area contributed by atoms with Crippen LogP contribution >= 0.6 is 6.72 Å². The minimum atomic E-state index is -3.33. The highest BCUT2D eigenvalue weighted by atomic mass is 32.5. The number of rotatable bonds is 2. The Morgan fingerprint density at radius 3 is 2.92 bits per heavy atom. The minimum absolute atomic E-state index is 0.0660. The van der Waals surface area contributed by atoms with E-state index < -0.39 is 31.3 Å². The predicted octanol–water partition coefficient (Wildman–Crippen LogP) is -0.217. The molecule has 12 heteroatoms. The van der Waals surface area contributed by atoms with Gasteiger partial charge in [0, 0.05) is 14.1 Å². The van der Waals surface area contributed by atoms with Crippen molar-refractivity contribution >= 4 is 35.5 Å². The lowest BCUT2D eigenvalue weighted by molar-refractivity contribution is -0.0593. The zero-order chi connectivity index (χ0) is 17.1. The molecule has 0 amide bonds. The van der Waals surface area contributed by atoms with E-state index in [1.807, 2.05) is 19.0 Å². The number of anilines is 1. The molecular formula is C12H16N5O5PS. The van der Waals surface area contributed by atoms with Gasteiger partial charge in [-0.3, -0.25) is 9.09 Å². The van der Waals surface area contributed by atoms with E-state index in [0.717, 1.165) is 0 Å². The highest BCUT2D eigenvalue weighted by molar-refractivity contribution is 8.07. The molecule has 1 unspecified atom stereocenters. The molecule has 2 aliphatic heterocycles. The number of ether oxygens (including phenoxy) is 1. The van der Waals surface area contributed by atoms with E-state index in [1.165, 1.54) is 12.7 Å². The van der Waals surface area contributed by atoms with Crippen molar-refractivity contribution in [3.63, 3.8) is 0 Å². The molecule has 2 aromatic rings. The Hall–Kier alpha value is -1.20. The molecule has 2 aromatic heterocycles. The highest BCUT2D eigenvalue weighted by Gasteiger charge is 2.51. The van der Waals surface area contributed by atoms with Crippen molar-refractivity contribution in [3.05, 3.63) is 12.7 Å². The molecule has 0 bridgehead atoms. The molecule has 2 saturated heterocycles. The first kappa shape index (κ1) is 16.3. The molecular weight excluding hydrogens is 357 g/mol. The topological polar surface area (TPSA) is 115 Å². The number of nitrogens with zero attached hydrogens (tertiary/aromatic N) is 5. The Morgan fingerprint density at radius 2 is 2.17 bits per heavy atom. The summed E-state index contributed by atoms with van der Waals surface area (Å²) in [5.41, 5.74) is 1.12. The van der Waals surface area contributed by atoms with Crippen LogP contribution in [-0.4, -0.2) is 68.5 Å². The van der Waals surface area contributed by atoms with Crippen LogP contribution in [0.4, 0.5) is 5.82 Å². The van der Waals surface area contributed by atoms with Crippen LogP contribution in [0.5, 0.6) is 0 Å². The number of aliphatic hydroxyl groups excluding tert-OH is 1. The molecule has 5 atom stereocenters. The number of aliphatic hydroxyl groups is 1. The van der Waals surface area contributed by atoms with Crippen molar-refractivity contribution in [2.24, 2.45) is 0 Å². The van der Waals surface area contributed by atoms with Gasteiger partial charge in [-0.1, -0.05) is 0 Å². The lowest BCUT2D eigenvalue weighted by Gasteiger charge is -2.30. The van der Waals surface area contributed by atoms with Crippen molar-refractivity contribution in [3.8, 4) is 0 Å². The monoisotopic (exact) mass is 373 g/mol. The summed E-state index contributed by atoms with van der Waals surface area (Å²) in [6, 6.07) is 0. The van der Waals surface area contributed by atoms with Gasteiger partial charge in [-0.15, -0.1) is 0 Å². The Kier molecular flexibility index (Phi) is 3.84. The number of hydrogen-bond acceptors (Lipinski definition) is 9. The predicted molar refractivity (Wildman–Crippen MR) is 86.9 cm³/mol. The van der Waals surface area contributed by atoms with Gasteiger partial charge in [0.05, 0.1) is 12.9 Å². The normalized spacial score (nSPS) is 36.0. The van der Waals surface area contributed by atoms with Crippen LogP contribution in [0.25, 0.3) is 11.2 Å². The van der Waals surface area contributed by atoms with E-state index in [2.05, 4.69) is 15.0 Å². The molecule has 0 aliphatic carbocycles. The second kappa shape index (κ2) is 5.67. The molecule has 130 valence electrons. The van der Waals surface area contributed by atoms with E-state index in [9.17, 15) is 10.00 Å². The highest BCUT2D eigenvalue weighted by Crippen LogP contribution is 2.52. The lowest BCUT2D eigenvalue weighted by Crippen LogP contribution is -2.39. The molecule has 4 rings (SSSR count).